The molecule has 0 unspecified atom stereocenters. The number of amides is 1. The van der Waals surface area contributed by atoms with Gasteiger partial charge in [0, 0.05) is 38.6 Å². The number of para-hydroxylation sites is 1. The molecular weight excluding hydrogens is 369 g/mol. The Morgan fingerprint density at radius 1 is 1.00 bits per heavy atom. The van der Waals surface area contributed by atoms with E-state index < -0.39 is 0 Å². The summed E-state index contributed by atoms with van der Waals surface area (Å²) in [6.45, 7) is 3.24. The van der Waals surface area contributed by atoms with E-state index in [0.29, 0.717) is 30.9 Å². The predicted molar refractivity (Wildman–Crippen MR) is 110 cm³/mol. The molecule has 0 radical (unpaired) electrons. The molecule has 1 aliphatic heterocycles. The lowest BCUT2D eigenvalue weighted by Crippen LogP contribution is -2.47. The fourth-order valence-corrected chi connectivity index (χ4v) is 3.41. The molecule has 148 valence electrons. The Morgan fingerprint density at radius 2 is 1.76 bits per heavy atom. The van der Waals surface area contributed by atoms with Crippen LogP contribution in [-0.2, 0) is 6.54 Å². The second-order valence-electron chi connectivity index (χ2n) is 6.86. The minimum Gasteiger partial charge on any atom is -0.367 e. The number of halogens is 1. The Labute approximate surface area is 169 Å². The van der Waals surface area contributed by atoms with Crippen LogP contribution in [0.1, 0.15) is 16.1 Å². The van der Waals surface area contributed by atoms with Crippen LogP contribution in [-0.4, -0.2) is 42.1 Å². The average molecular weight is 391 g/mol. The number of carbonyl (C=O) groups is 1. The second-order valence-corrected chi connectivity index (χ2v) is 6.86. The van der Waals surface area contributed by atoms with Crippen molar-refractivity contribution >= 4 is 17.3 Å². The van der Waals surface area contributed by atoms with E-state index in [9.17, 15) is 9.18 Å². The summed E-state index contributed by atoms with van der Waals surface area (Å²) >= 11 is 0. The number of hydrogen-bond donors (Lipinski definition) is 1. The van der Waals surface area contributed by atoms with Crippen molar-refractivity contribution in [2.24, 2.45) is 0 Å². The van der Waals surface area contributed by atoms with Gasteiger partial charge in [-0.05, 0) is 30.3 Å². The lowest BCUT2D eigenvalue weighted by molar-refractivity contribution is 0.0950. The Balaban J connectivity index is 1.38. The first kappa shape index (κ1) is 18.9. The lowest BCUT2D eigenvalue weighted by Gasteiger charge is -2.37. The number of piperazine rings is 1. The number of nitrogens with one attached hydrogen (secondary N) is 1. The SMILES string of the molecule is O=C(NCc1ccccn1)c1cncc(N2CCN(c3ccccc3F)CC2)c1. The second kappa shape index (κ2) is 8.68. The zero-order valence-electron chi connectivity index (χ0n) is 16.0. The summed E-state index contributed by atoms with van der Waals surface area (Å²) < 4.78 is 14.0. The first-order chi connectivity index (χ1) is 14.2. The highest BCUT2D eigenvalue weighted by Gasteiger charge is 2.20. The normalized spacial score (nSPS) is 14.0. The van der Waals surface area contributed by atoms with Crippen molar-refractivity contribution in [3.63, 3.8) is 0 Å². The molecule has 4 rings (SSSR count). The molecule has 1 fully saturated rings. The molecule has 1 saturated heterocycles. The maximum Gasteiger partial charge on any atom is 0.253 e. The maximum atomic E-state index is 14.0. The molecule has 6 nitrogen and oxygen atoms in total. The zero-order chi connectivity index (χ0) is 20.1. The van der Waals surface area contributed by atoms with Crippen LogP contribution in [0.25, 0.3) is 0 Å². The number of nitrogens with zero attached hydrogens (tertiary/aromatic N) is 4. The molecule has 29 heavy (non-hydrogen) atoms. The van der Waals surface area contributed by atoms with Crippen LogP contribution in [0.15, 0.2) is 67.1 Å². The van der Waals surface area contributed by atoms with Gasteiger partial charge in [0.25, 0.3) is 5.91 Å². The van der Waals surface area contributed by atoms with E-state index in [2.05, 4.69) is 20.2 Å². The average Bonchev–Trinajstić information content (AvgIpc) is 2.79. The topological polar surface area (TPSA) is 61.4 Å². The molecule has 0 saturated carbocycles. The Bertz CT molecular complexity index is 974. The van der Waals surface area contributed by atoms with Crippen molar-refractivity contribution in [1.29, 1.82) is 0 Å². The molecule has 0 spiro atoms. The summed E-state index contributed by atoms with van der Waals surface area (Å²) in [6.07, 6.45) is 5.02. The largest absolute Gasteiger partial charge is 0.367 e. The molecule has 0 aliphatic carbocycles. The molecule has 3 heterocycles. The summed E-state index contributed by atoms with van der Waals surface area (Å²) in [6, 6.07) is 14.3. The summed E-state index contributed by atoms with van der Waals surface area (Å²) in [5.74, 6) is -0.385. The fourth-order valence-electron chi connectivity index (χ4n) is 3.41. The number of benzene rings is 1. The molecule has 3 aromatic rings. The van der Waals surface area contributed by atoms with Crippen LogP contribution in [0.2, 0.25) is 0 Å². The monoisotopic (exact) mass is 391 g/mol. The first-order valence-electron chi connectivity index (χ1n) is 9.58. The van der Waals surface area contributed by atoms with Crippen LogP contribution < -0.4 is 15.1 Å². The molecule has 0 bridgehead atoms. The quantitative estimate of drug-likeness (QED) is 0.725. The fraction of sp³-hybridized carbons (Fsp3) is 0.227. The number of pyridine rings is 2. The molecular formula is C22H22FN5O. The van der Waals surface area contributed by atoms with E-state index in [0.717, 1.165) is 24.5 Å². The third kappa shape index (κ3) is 4.51. The number of carbonyl (C=O) groups excluding carboxylic acids is 1. The van der Waals surface area contributed by atoms with Crippen LogP contribution in [0.3, 0.4) is 0 Å². The Kier molecular flexibility index (Phi) is 5.65. The number of aromatic nitrogens is 2. The van der Waals surface area contributed by atoms with Gasteiger partial charge in [-0.2, -0.15) is 0 Å². The predicted octanol–water partition coefficient (Wildman–Crippen LogP) is 2.87. The Morgan fingerprint density at radius 3 is 2.52 bits per heavy atom. The van der Waals surface area contributed by atoms with E-state index in [-0.39, 0.29) is 11.7 Å². The molecule has 2 aromatic heterocycles. The van der Waals surface area contributed by atoms with Crippen LogP contribution in [0.4, 0.5) is 15.8 Å². The maximum absolute atomic E-state index is 14.0. The minimum absolute atomic E-state index is 0.185. The van der Waals surface area contributed by atoms with Crippen molar-refractivity contribution in [3.8, 4) is 0 Å². The van der Waals surface area contributed by atoms with E-state index in [4.69, 9.17) is 0 Å². The highest BCUT2D eigenvalue weighted by molar-refractivity contribution is 5.94. The van der Waals surface area contributed by atoms with Gasteiger partial charge in [-0.25, -0.2) is 4.39 Å². The van der Waals surface area contributed by atoms with Gasteiger partial charge in [0.05, 0.1) is 35.4 Å². The smallest absolute Gasteiger partial charge is 0.253 e. The molecule has 0 atom stereocenters. The van der Waals surface area contributed by atoms with Crippen molar-refractivity contribution in [1.82, 2.24) is 15.3 Å². The van der Waals surface area contributed by atoms with Gasteiger partial charge < -0.3 is 15.1 Å². The minimum atomic E-state index is -0.200. The molecule has 1 aromatic carbocycles. The van der Waals surface area contributed by atoms with Crippen LogP contribution in [0, 0.1) is 5.82 Å². The third-order valence-electron chi connectivity index (χ3n) is 4.98. The summed E-state index contributed by atoms with van der Waals surface area (Å²) in [5.41, 5.74) is 2.83. The molecule has 1 amide bonds. The molecule has 7 heteroatoms. The highest BCUT2D eigenvalue weighted by Crippen LogP contribution is 2.23. The summed E-state index contributed by atoms with van der Waals surface area (Å²) in [5, 5.41) is 2.87. The van der Waals surface area contributed by atoms with Crippen molar-refractivity contribution in [2.45, 2.75) is 6.54 Å². The van der Waals surface area contributed by atoms with Gasteiger partial charge in [0.2, 0.25) is 0 Å². The van der Waals surface area contributed by atoms with Gasteiger partial charge >= 0.3 is 0 Å². The summed E-state index contributed by atoms with van der Waals surface area (Å²) in [4.78, 5) is 25.1. The number of anilines is 2. The Hall–Kier alpha value is -3.48. The van der Waals surface area contributed by atoms with Gasteiger partial charge in [-0.1, -0.05) is 18.2 Å². The molecule has 1 N–H and O–H groups in total. The van der Waals surface area contributed by atoms with Gasteiger partial charge in [-0.3, -0.25) is 14.8 Å². The van der Waals surface area contributed by atoms with E-state index in [1.54, 1.807) is 30.7 Å². The van der Waals surface area contributed by atoms with Crippen molar-refractivity contribution in [3.05, 3.63) is 84.2 Å². The summed E-state index contributed by atoms with van der Waals surface area (Å²) in [7, 11) is 0. The van der Waals surface area contributed by atoms with E-state index in [1.165, 1.54) is 6.07 Å². The van der Waals surface area contributed by atoms with E-state index >= 15 is 0 Å². The van der Waals surface area contributed by atoms with Crippen LogP contribution in [0.5, 0.6) is 0 Å². The standard InChI is InChI=1S/C22H22FN5O/c23-20-6-1-2-7-21(20)28-11-9-27(10-12-28)19-13-17(14-24-16-19)22(29)26-15-18-5-3-4-8-25-18/h1-8,13-14,16H,9-12,15H2,(H,26,29). The van der Waals surface area contributed by atoms with Crippen LogP contribution >= 0.6 is 0 Å². The lowest BCUT2D eigenvalue weighted by atomic mass is 10.2. The van der Waals surface area contributed by atoms with Gasteiger partial charge in [-0.15, -0.1) is 0 Å². The van der Waals surface area contributed by atoms with Gasteiger partial charge in [0.1, 0.15) is 5.82 Å². The number of hydrogen-bond acceptors (Lipinski definition) is 5. The van der Waals surface area contributed by atoms with Crippen molar-refractivity contribution < 1.29 is 9.18 Å². The van der Waals surface area contributed by atoms with Crippen molar-refractivity contribution in [2.75, 3.05) is 36.0 Å². The zero-order valence-corrected chi connectivity index (χ0v) is 16.0. The first-order valence-corrected chi connectivity index (χ1v) is 9.58. The van der Waals surface area contributed by atoms with E-state index in [1.807, 2.05) is 35.2 Å². The van der Waals surface area contributed by atoms with Gasteiger partial charge in [0.15, 0.2) is 0 Å². The number of rotatable bonds is 5. The molecule has 1 aliphatic rings. The highest BCUT2D eigenvalue weighted by atomic mass is 19.1. The third-order valence-corrected chi connectivity index (χ3v) is 4.98.